The molecule has 0 unspecified atom stereocenters. The molecule has 0 saturated carbocycles. The predicted octanol–water partition coefficient (Wildman–Crippen LogP) is 0.875. The van der Waals surface area contributed by atoms with E-state index in [1.54, 1.807) is 0 Å². The number of terminal acetylenes is 1. The molecule has 0 aromatic carbocycles. The van der Waals surface area contributed by atoms with Crippen LogP contribution in [0.1, 0.15) is 26.7 Å². The van der Waals surface area contributed by atoms with Crippen LogP contribution in [0, 0.1) is 12.3 Å². The van der Waals surface area contributed by atoms with E-state index in [1.165, 1.54) is 9.80 Å². The second-order valence-corrected chi connectivity index (χ2v) is 4.09. The molecule has 100 valence electrons. The number of urea groups is 2. The molecule has 0 aromatic rings. The Kier molecular flexibility index (Phi) is 4.98. The number of nitrogens with zero attached hydrogens (tertiary/aromatic N) is 3. The average molecular weight is 253 g/mol. The molecule has 1 heterocycles. The fourth-order valence-corrected chi connectivity index (χ4v) is 1.89. The topological polar surface area (TPSA) is 64.1 Å². The van der Waals surface area contributed by atoms with Crippen LogP contribution in [0.5, 0.6) is 0 Å². The minimum absolute atomic E-state index is 0.0786. The number of aliphatic hydroxyl groups excluding tert-OH is 1. The van der Waals surface area contributed by atoms with Crippen LogP contribution in [0.2, 0.25) is 0 Å². The lowest BCUT2D eigenvalue weighted by Crippen LogP contribution is -2.66. The molecule has 0 aliphatic carbocycles. The maximum absolute atomic E-state index is 12.0. The van der Waals surface area contributed by atoms with Gasteiger partial charge >= 0.3 is 12.1 Å². The van der Waals surface area contributed by atoms with Gasteiger partial charge in [-0.15, -0.1) is 6.42 Å². The summed E-state index contributed by atoms with van der Waals surface area (Å²) >= 11 is 0. The zero-order chi connectivity index (χ0) is 13.7. The Morgan fingerprint density at radius 1 is 1.17 bits per heavy atom. The number of amides is 4. The molecule has 1 aliphatic rings. The molecule has 1 rings (SSSR count). The molecule has 6 nitrogen and oxygen atoms in total. The molecule has 0 bridgehead atoms. The summed E-state index contributed by atoms with van der Waals surface area (Å²) in [6.45, 7) is 4.48. The number of carbonyl (C=O) groups excluding carboxylic acids is 2. The Bertz CT molecular complexity index is 338. The Morgan fingerprint density at radius 2 is 1.61 bits per heavy atom. The maximum Gasteiger partial charge on any atom is 0.332 e. The third kappa shape index (κ3) is 2.57. The highest BCUT2D eigenvalue weighted by atomic mass is 16.3. The lowest BCUT2D eigenvalue weighted by atomic mass is 10.3. The summed E-state index contributed by atoms with van der Waals surface area (Å²) in [5.41, 5.74) is 0. The molecule has 18 heavy (non-hydrogen) atoms. The zero-order valence-corrected chi connectivity index (χ0v) is 10.8. The van der Waals surface area contributed by atoms with Gasteiger partial charge in [-0.25, -0.2) is 14.5 Å². The van der Waals surface area contributed by atoms with Gasteiger partial charge in [0.25, 0.3) is 0 Å². The van der Waals surface area contributed by atoms with Gasteiger partial charge in [0.15, 0.2) is 0 Å². The molecule has 0 atom stereocenters. The van der Waals surface area contributed by atoms with Crippen molar-refractivity contribution >= 4 is 12.1 Å². The van der Waals surface area contributed by atoms with Crippen LogP contribution >= 0.6 is 0 Å². The standard InChI is InChI=1S/C12H19N3O3/c1-4-7-13-10(16)14(8-5-2)12(18)15(9-6-3)11(13)17/h1,12,18H,5-9H2,2-3H3. The van der Waals surface area contributed by atoms with Crippen molar-refractivity contribution in [2.45, 2.75) is 33.0 Å². The largest absolute Gasteiger partial charge is 0.356 e. The van der Waals surface area contributed by atoms with Gasteiger partial charge < -0.3 is 5.11 Å². The van der Waals surface area contributed by atoms with Crippen molar-refractivity contribution in [1.82, 2.24) is 14.7 Å². The molecule has 1 fully saturated rings. The van der Waals surface area contributed by atoms with Crippen molar-refractivity contribution in [3.05, 3.63) is 0 Å². The monoisotopic (exact) mass is 253 g/mol. The first-order chi connectivity index (χ1) is 8.58. The number of hydrogen-bond acceptors (Lipinski definition) is 3. The summed E-state index contributed by atoms with van der Waals surface area (Å²) in [5.74, 6) is 2.29. The zero-order valence-electron chi connectivity index (χ0n) is 10.8. The second kappa shape index (κ2) is 6.26. The van der Waals surface area contributed by atoms with Crippen LogP contribution in [0.4, 0.5) is 9.59 Å². The first-order valence-corrected chi connectivity index (χ1v) is 6.08. The number of rotatable bonds is 5. The number of imide groups is 1. The summed E-state index contributed by atoms with van der Waals surface area (Å²) in [5, 5.41) is 10.0. The van der Waals surface area contributed by atoms with Crippen molar-refractivity contribution in [2.24, 2.45) is 0 Å². The van der Waals surface area contributed by atoms with E-state index < -0.39 is 18.4 Å². The smallest absolute Gasteiger partial charge is 0.332 e. The Hall–Kier alpha value is -1.74. The molecule has 6 heteroatoms. The highest BCUT2D eigenvalue weighted by molar-refractivity contribution is 5.96. The molecule has 0 aromatic heterocycles. The van der Waals surface area contributed by atoms with Crippen LogP contribution in [-0.4, -0.2) is 57.9 Å². The Labute approximate surface area is 107 Å². The first kappa shape index (κ1) is 14.3. The normalized spacial score (nSPS) is 17.3. The third-order valence-corrected chi connectivity index (χ3v) is 2.69. The molecule has 0 spiro atoms. The molecular formula is C12H19N3O3. The van der Waals surface area contributed by atoms with Crippen molar-refractivity contribution < 1.29 is 14.7 Å². The van der Waals surface area contributed by atoms with Crippen molar-refractivity contribution in [2.75, 3.05) is 19.6 Å². The van der Waals surface area contributed by atoms with Gasteiger partial charge in [-0.1, -0.05) is 19.8 Å². The maximum atomic E-state index is 12.0. The highest BCUT2D eigenvalue weighted by Crippen LogP contribution is 2.18. The molecule has 1 saturated heterocycles. The highest BCUT2D eigenvalue weighted by Gasteiger charge is 2.42. The van der Waals surface area contributed by atoms with Gasteiger partial charge in [0.05, 0.1) is 6.54 Å². The van der Waals surface area contributed by atoms with Gasteiger partial charge in [-0.05, 0) is 12.8 Å². The van der Waals surface area contributed by atoms with Gasteiger partial charge in [-0.3, -0.25) is 9.80 Å². The van der Waals surface area contributed by atoms with Gasteiger partial charge in [0.2, 0.25) is 6.35 Å². The minimum Gasteiger partial charge on any atom is -0.356 e. The number of carbonyl (C=O) groups is 2. The quantitative estimate of drug-likeness (QED) is 0.740. The van der Waals surface area contributed by atoms with E-state index in [0.29, 0.717) is 25.9 Å². The van der Waals surface area contributed by atoms with Crippen molar-refractivity contribution in [1.29, 1.82) is 0 Å². The summed E-state index contributed by atoms with van der Waals surface area (Å²) in [4.78, 5) is 27.6. The Balaban J connectivity index is 2.98. The van der Waals surface area contributed by atoms with E-state index in [9.17, 15) is 14.7 Å². The molecule has 0 radical (unpaired) electrons. The van der Waals surface area contributed by atoms with Crippen LogP contribution in [0.25, 0.3) is 0 Å². The average Bonchev–Trinajstić information content (AvgIpc) is 2.35. The third-order valence-electron chi connectivity index (χ3n) is 2.69. The number of hydrogen-bond donors (Lipinski definition) is 1. The van der Waals surface area contributed by atoms with E-state index in [1.807, 2.05) is 13.8 Å². The van der Waals surface area contributed by atoms with E-state index >= 15 is 0 Å². The lowest BCUT2D eigenvalue weighted by Gasteiger charge is -2.44. The Morgan fingerprint density at radius 3 is 1.94 bits per heavy atom. The van der Waals surface area contributed by atoms with E-state index in [4.69, 9.17) is 6.42 Å². The van der Waals surface area contributed by atoms with Crippen LogP contribution in [0.3, 0.4) is 0 Å². The van der Waals surface area contributed by atoms with Crippen LogP contribution in [-0.2, 0) is 0 Å². The summed E-state index contributed by atoms with van der Waals surface area (Å²) in [6.07, 6.45) is 5.36. The SMILES string of the molecule is C#CCN1C(=O)N(CCC)C(O)N(CCC)C1=O. The van der Waals surface area contributed by atoms with Crippen molar-refractivity contribution in [3.63, 3.8) is 0 Å². The first-order valence-electron chi connectivity index (χ1n) is 6.08. The number of aliphatic hydroxyl groups is 1. The minimum atomic E-state index is -1.20. The lowest BCUT2D eigenvalue weighted by molar-refractivity contribution is -0.0916. The van der Waals surface area contributed by atoms with Gasteiger partial charge in [-0.2, -0.15) is 0 Å². The van der Waals surface area contributed by atoms with Crippen LogP contribution in [0.15, 0.2) is 0 Å². The van der Waals surface area contributed by atoms with E-state index in [0.717, 1.165) is 4.90 Å². The molecular weight excluding hydrogens is 234 g/mol. The van der Waals surface area contributed by atoms with E-state index in [2.05, 4.69) is 5.92 Å². The predicted molar refractivity (Wildman–Crippen MR) is 66.3 cm³/mol. The van der Waals surface area contributed by atoms with E-state index in [-0.39, 0.29) is 6.54 Å². The summed E-state index contributed by atoms with van der Waals surface area (Å²) in [7, 11) is 0. The molecule has 1 N–H and O–H groups in total. The fourth-order valence-electron chi connectivity index (χ4n) is 1.89. The van der Waals surface area contributed by atoms with Crippen LogP contribution < -0.4 is 0 Å². The van der Waals surface area contributed by atoms with Gasteiger partial charge in [0.1, 0.15) is 0 Å². The summed E-state index contributed by atoms with van der Waals surface area (Å²) in [6, 6.07) is -1.06. The molecule has 1 aliphatic heterocycles. The molecule has 4 amide bonds. The van der Waals surface area contributed by atoms with Crippen molar-refractivity contribution in [3.8, 4) is 12.3 Å². The van der Waals surface area contributed by atoms with Gasteiger partial charge in [0, 0.05) is 13.1 Å². The fraction of sp³-hybridized carbons (Fsp3) is 0.667. The summed E-state index contributed by atoms with van der Waals surface area (Å²) < 4.78 is 0. The second-order valence-electron chi connectivity index (χ2n) is 4.09.